The van der Waals surface area contributed by atoms with Gasteiger partial charge in [-0.3, -0.25) is 14.2 Å². The summed E-state index contributed by atoms with van der Waals surface area (Å²) in [6.07, 6.45) is 2.27. The molecule has 0 atom stereocenters. The van der Waals surface area contributed by atoms with Crippen molar-refractivity contribution in [3.8, 4) is 0 Å². The lowest BCUT2D eigenvalue weighted by Crippen LogP contribution is -2.38. The molecule has 1 N–H and O–H groups in total. The summed E-state index contributed by atoms with van der Waals surface area (Å²) in [5, 5.41) is 0.511. The van der Waals surface area contributed by atoms with E-state index in [1.54, 1.807) is 25.3 Å². The molecule has 8 nitrogen and oxygen atoms in total. The van der Waals surface area contributed by atoms with Crippen LogP contribution >= 0.6 is 12.2 Å². The van der Waals surface area contributed by atoms with Crippen LogP contribution in [0.3, 0.4) is 0 Å². The quantitative estimate of drug-likeness (QED) is 0.329. The highest BCUT2D eigenvalue weighted by Gasteiger charge is 2.27. The number of nitrogens with zero attached hydrogens (tertiary/aromatic N) is 3. The van der Waals surface area contributed by atoms with Crippen LogP contribution in [0.15, 0.2) is 51.7 Å². The van der Waals surface area contributed by atoms with Crippen molar-refractivity contribution in [2.75, 3.05) is 26.8 Å². The van der Waals surface area contributed by atoms with Crippen molar-refractivity contribution in [1.29, 1.82) is 0 Å². The zero-order chi connectivity index (χ0) is 23.7. The van der Waals surface area contributed by atoms with Crippen molar-refractivity contribution in [2.24, 2.45) is 0 Å². The summed E-state index contributed by atoms with van der Waals surface area (Å²) in [5.74, 6) is 0.885. The van der Waals surface area contributed by atoms with Gasteiger partial charge in [0.1, 0.15) is 5.52 Å². The van der Waals surface area contributed by atoms with Gasteiger partial charge in [0.25, 0.3) is 11.5 Å². The Morgan fingerprint density at radius 3 is 2.79 bits per heavy atom. The number of amides is 1. The van der Waals surface area contributed by atoms with Crippen molar-refractivity contribution >= 4 is 40.1 Å². The van der Waals surface area contributed by atoms with Crippen LogP contribution in [0.4, 0.5) is 0 Å². The van der Waals surface area contributed by atoms with Crippen molar-refractivity contribution in [3.63, 3.8) is 0 Å². The number of ether oxygens (including phenoxy) is 1. The second-order valence-corrected chi connectivity index (χ2v) is 8.97. The first-order valence-corrected chi connectivity index (χ1v) is 11.9. The number of hydrogen-bond donors (Lipinski definition) is 1. The summed E-state index contributed by atoms with van der Waals surface area (Å²) in [5.41, 5.74) is 2.61. The fraction of sp³-hybridized carbons (Fsp3) is 0.360. The van der Waals surface area contributed by atoms with Gasteiger partial charge < -0.3 is 19.0 Å². The monoisotopic (exact) mass is 478 g/mol. The number of aromatic amines is 1. The predicted molar refractivity (Wildman–Crippen MR) is 132 cm³/mol. The maximum Gasteiger partial charge on any atom is 0.262 e. The van der Waals surface area contributed by atoms with Crippen molar-refractivity contribution in [2.45, 2.75) is 31.7 Å². The van der Waals surface area contributed by atoms with Gasteiger partial charge in [0.05, 0.1) is 10.9 Å². The van der Waals surface area contributed by atoms with E-state index in [9.17, 15) is 9.59 Å². The molecule has 0 spiro atoms. The molecule has 0 bridgehead atoms. The van der Waals surface area contributed by atoms with Crippen LogP contribution in [0.25, 0.3) is 22.0 Å². The van der Waals surface area contributed by atoms with Crippen LogP contribution < -0.4 is 5.56 Å². The number of piperidine rings is 1. The standard InChI is InChI=1S/C25H26N4O4S/c1-32-14-4-11-29-24(31)18-8-7-17(15-20(18)27-25(29)34)23(30)28-12-9-16(10-13-28)22-26-19-5-2-3-6-21(19)33-22/h2-3,5-8,15-16H,4,9-14H2,1H3,(H,27,34). The van der Waals surface area contributed by atoms with Gasteiger partial charge in [-0.2, -0.15) is 0 Å². The van der Waals surface area contributed by atoms with Gasteiger partial charge in [0, 0.05) is 44.8 Å². The van der Waals surface area contributed by atoms with E-state index >= 15 is 0 Å². The number of benzene rings is 2. The molecule has 5 rings (SSSR count). The number of nitrogens with one attached hydrogen (secondary N) is 1. The lowest BCUT2D eigenvalue weighted by Gasteiger charge is -2.30. The molecule has 2 aromatic heterocycles. The lowest BCUT2D eigenvalue weighted by molar-refractivity contribution is 0.0707. The van der Waals surface area contributed by atoms with Gasteiger partial charge in [-0.25, -0.2) is 4.98 Å². The summed E-state index contributed by atoms with van der Waals surface area (Å²) >= 11 is 5.39. The number of para-hydroxylation sites is 2. The normalized spacial score (nSPS) is 14.8. The number of H-pyrrole nitrogens is 1. The van der Waals surface area contributed by atoms with E-state index in [4.69, 9.17) is 21.4 Å². The number of rotatable bonds is 6. The van der Waals surface area contributed by atoms with Crippen LogP contribution in [0.1, 0.15) is 41.4 Å². The topological polar surface area (TPSA) is 93.4 Å². The minimum Gasteiger partial charge on any atom is -0.440 e. The first-order chi connectivity index (χ1) is 16.5. The molecule has 3 heterocycles. The van der Waals surface area contributed by atoms with E-state index in [2.05, 4.69) is 9.97 Å². The van der Waals surface area contributed by atoms with Gasteiger partial charge in [-0.15, -0.1) is 0 Å². The van der Waals surface area contributed by atoms with Crippen LogP contribution in [0.2, 0.25) is 0 Å². The molecule has 1 fully saturated rings. The van der Waals surface area contributed by atoms with E-state index in [1.165, 1.54) is 4.57 Å². The Balaban J connectivity index is 1.31. The number of likely N-dealkylation sites (tertiary alicyclic amines) is 1. The summed E-state index contributed by atoms with van der Waals surface area (Å²) in [6, 6.07) is 12.9. The maximum absolute atomic E-state index is 13.2. The summed E-state index contributed by atoms with van der Waals surface area (Å²) in [6.45, 7) is 2.28. The van der Waals surface area contributed by atoms with Crippen LogP contribution in [0, 0.1) is 4.77 Å². The molecule has 176 valence electrons. The van der Waals surface area contributed by atoms with Gasteiger partial charge in [-0.05, 0) is 61.8 Å². The van der Waals surface area contributed by atoms with Crippen molar-refractivity contribution < 1.29 is 13.9 Å². The highest BCUT2D eigenvalue weighted by molar-refractivity contribution is 7.71. The first-order valence-electron chi connectivity index (χ1n) is 11.5. The fourth-order valence-electron chi connectivity index (χ4n) is 4.53. The lowest BCUT2D eigenvalue weighted by atomic mass is 9.96. The smallest absolute Gasteiger partial charge is 0.262 e. The maximum atomic E-state index is 13.2. The van der Waals surface area contributed by atoms with E-state index < -0.39 is 0 Å². The summed E-state index contributed by atoms with van der Waals surface area (Å²) in [4.78, 5) is 35.7. The Morgan fingerprint density at radius 1 is 1.24 bits per heavy atom. The number of carbonyl (C=O) groups is 1. The number of aromatic nitrogens is 3. The van der Waals surface area contributed by atoms with Crippen LogP contribution in [0.5, 0.6) is 0 Å². The molecule has 4 aromatic rings. The zero-order valence-electron chi connectivity index (χ0n) is 19.0. The first kappa shape index (κ1) is 22.5. The van der Waals surface area contributed by atoms with E-state index in [1.807, 2.05) is 29.2 Å². The molecular formula is C25H26N4O4S. The molecule has 2 aromatic carbocycles. The number of oxazole rings is 1. The predicted octanol–water partition coefficient (Wildman–Crippen LogP) is 4.26. The number of hydrogen-bond acceptors (Lipinski definition) is 6. The Hall–Kier alpha value is -3.30. The minimum absolute atomic E-state index is 0.0542. The third-order valence-corrected chi connectivity index (χ3v) is 6.72. The highest BCUT2D eigenvalue weighted by Crippen LogP contribution is 2.30. The van der Waals surface area contributed by atoms with Gasteiger partial charge in [0.2, 0.25) is 0 Å². The molecule has 0 saturated carbocycles. The summed E-state index contributed by atoms with van der Waals surface area (Å²) in [7, 11) is 1.63. The van der Waals surface area contributed by atoms with Crippen molar-refractivity contribution in [3.05, 3.63) is 69.0 Å². The van der Waals surface area contributed by atoms with E-state index in [-0.39, 0.29) is 17.4 Å². The van der Waals surface area contributed by atoms with E-state index in [0.29, 0.717) is 53.9 Å². The third kappa shape index (κ3) is 4.28. The molecule has 1 aliphatic rings. The van der Waals surface area contributed by atoms with E-state index in [0.717, 1.165) is 29.8 Å². The molecule has 1 aliphatic heterocycles. The number of methoxy groups -OCH3 is 1. The van der Waals surface area contributed by atoms with Crippen LogP contribution in [-0.2, 0) is 11.3 Å². The highest BCUT2D eigenvalue weighted by atomic mass is 32.1. The Bertz CT molecular complexity index is 1430. The minimum atomic E-state index is -0.159. The fourth-order valence-corrected chi connectivity index (χ4v) is 4.82. The Kier molecular flexibility index (Phi) is 6.30. The number of fused-ring (bicyclic) bond motifs is 2. The van der Waals surface area contributed by atoms with Crippen molar-refractivity contribution in [1.82, 2.24) is 19.4 Å². The summed E-state index contributed by atoms with van der Waals surface area (Å²) < 4.78 is 12.9. The van der Waals surface area contributed by atoms with Gasteiger partial charge >= 0.3 is 0 Å². The second kappa shape index (κ2) is 9.52. The van der Waals surface area contributed by atoms with Gasteiger partial charge in [0.15, 0.2) is 16.2 Å². The van der Waals surface area contributed by atoms with Gasteiger partial charge in [-0.1, -0.05) is 12.1 Å². The average Bonchev–Trinajstić information content (AvgIpc) is 3.30. The Labute approximate surface area is 201 Å². The average molecular weight is 479 g/mol. The molecule has 0 radical (unpaired) electrons. The molecular weight excluding hydrogens is 452 g/mol. The zero-order valence-corrected chi connectivity index (χ0v) is 19.8. The molecule has 1 saturated heterocycles. The molecule has 0 unspecified atom stereocenters. The molecule has 34 heavy (non-hydrogen) atoms. The molecule has 9 heteroatoms. The second-order valence-electron chi connectivity index (χ2n) is 8.58. The third-order valence-electron chi connectivity index (χ3n) is 6.40. The molecule has 1 amide bonds. The SMILES string of the molecule is COCCCn1c(=S)[nH]c2cc(C(=O)N3CCC(c4nc5ccccc5o4)CC3)ccc2c1=O. The Morgan fingerprint density at radius 2 is 2.03 bits per heavy atom. The largest absolute Gasteiger partial charge is 0.440 e. The molecule has 0 aliphatic carbocycles. The van der Waals surface area contributed by atoms with Crippen LogP contribution in [-0.4, -0.2) is 52.1 Å². The number of carbonyl (C=O) groups excluding carboxylic acids is 1.